The molecule has 2 N–H and O–H groups in total. The van der Waals surface area contributed by atoms with Crippen molar-refractivity contribution in [2.75, 3.05) is 19.6 Å². The number of primary amides is 1. The van der Waals surface area contributed by atoms with Crippen LogP contribution < -0.4 is 5.73 Å². The van der Waals surface area contributed by atoms with Crippen molar-refractivity contribution in [2.24, 2.45) is 5.73 Å². The van der Waals surface area contributed by atoms with Crippen LogP contribution >= 0.6 is 11.6 Å². The first kappa shape index (κ1) is 19.8. The lowest BCUT2D eigenvalue weighted by Gasteiger charge is -2.34. The van der Waals surface area contributed by atoms with Crippen molar-refractivity contribution < 1.29 is 9.53 Å². The number of nitrogens with zero attached hydrogens (tertiary/aromatic N) is 2. The fourth-order valence-electron chi connectivity index (χ4n) is 3.43. The van der Waals surface area contributed by atoms with Gasteiger partial charge < -0.3 is 15.4 Å². The third-order valence-electron chi connectivity index (χ3n) is 4.89. The van der Waals surface area contributed by atoms with Crippen LogP contribution in [0.15, 0.2) is 48.7 Å². The second kappa shape index (κ2) is 9.83. The van der Waals surface area contributed by atoms with Gasteiger partial charge in [-0.25, -0.2) is 0 Å². The number of pyridine rings is 1. The zero-order chi connectivity index (χ0) is 19.1. The zero-order valence-electron chi connectivity index (χ0n) is 15.4. The summed E-state index contributed by atoms with van der Waals surface area (Å²) in [5, 5.41) is 0.711. The summed E-state index contributed by atoms with van der Waals surface area (Å²) in [6.45, 7) is 2.86. The minimum Gasteiger partial charge on any atom is -0.370 e. The maximum Gasteiger partial charge on any atom is 0.217 e. The molecule has 2 heterocycles. The number of benzene rings is 1. The summed E-state index contributed by atoms with van der Waals surface area (Å²) in [5.74, 6) is -0.227. The fourth-order valence-corrected chi connectivity index (χ4v) is 3.55. The number of halogens is 1. The first-order valence-corrected chi connectivity index (χ1v) is 9.82. The van der Waals surface area contributed by atoms with E-state index in [1.165, 1.54) is 0 Å². The smallest absolute Gasteiger partial charge is 0.217 e. The fraction of sp³-hybridized carbons (Fsp3) is 0.429. The lowest BCUT2D eigenvalue weighted by atomic mass is 10.0. The molecular weight excluding hydrogens is 362 g/mol. The number of aromatic nitrogens is 1. The second-order valence-corrected chi connectivity index (χ2v) is 7.37. The van der Waals surface area contributed by atoms with Crippen molar-refractivity contribution in [1.82, 2.24) is 9.88 Å². The van der Waals surface area contributed by atoms with E-state index in [9.17, 15) is 4.79 Å². The summed E-state index contributed by atoms with van der Waals surface area (Å²) < 4.78 is 6.49. The predicted molar refractivity (Wildman–Crippen MR) is 107 cm³/mol. The molecule has 1 aliphatic rings. The van der Waals surface area contributed by atoms with E-state index in [-0.39, 0.29) is 18.1 Å². The topological polar surface area (TPSA) is 68.5 Å². The van der Waals surface area contributed by atoms with Crippen LogP contribution in [0.1, 0.15) is 43.0 Å². The molecular formula is C21H26ClN3O2. The molecule has 0 bridgehead atoms. The SMILES string of the molecule is NC(=O)CCCN1CCC(OC(c2ccc(Cl)cc2)c2ccccn2)CC1. The highest BCUT2D eigenvalue weighted by Crippen LogP contribution is 2.29. The Morgan fingerprint density at radius 2 is 1.96 bits per heavy atom. The third-order valence-corrected chi connectivity index (χ3v) is 5.14. The first-order valence-electron chi connectivity index (χ1n) is 9.44. The summed E-state index contributed by atoms with van der Waals surface area (Å²) in [6, 6.07) is 13.7. The number of rotatable bonds is 8. The van der Waals surface area contributed by atoms with Gasteiger partial charge in [-0.15, -0.1) is 0 Å². The van der Waals surface area contributed by atoms with Crippen molar-refractivity contribution in [1.29, 1.82) is 0 Å². The van der Waals surface area contributed by atoms with Gasteiger partial charge >= 0.3 is 0 Å². The lowest BCUT2D eigenvalue weighted by molar-refractivity contribution is -0.118. The summed E-state index contributed by atoms with van der Waals surface area (Å²) >= 11 is 6.04. The van der Waals surface area contributed by atoms with Crippen LogP contribution in [0.5, 0.6) is 0 Å². The van der Waals surface area contributed by atoms with Gasteiger partial charge in [-0.1, -0.05) is 29.8 Å². The van der Waals surface area contributed by atoms with Crippen molar-refractivity contribution in [2.45, 2.75) is 37.9 Å². The maximum atomic E-state index is 10.9. The highest BCUT2D eigenvalue weighted by atomic mass is 35.5. The molecule has 5 nitrogen and oxygen atoms in total. The molecule has 1 atom stereocenters. The van der Waals surface area contributed by atoms with E-state index in [0.29, 0.717) is 11.4 Å². The Hall–Kier alpha value is -1.95. The van der Waals surface area contributed by atoms with Gasteiger partial charge in [0.1, 0.15) is 6.10 Å². The minimum atomic E-state index is -0.227. The summed E-state index contributed by atoms with van der Waals surface area (Å²) in [6.07, 6.45) is 4.98. The predicted octanol–water partition coefficient (Wildman–Crippen LogP) is 3.57. The van der Waals surface area contributed by atoms with Crippen LogP contribution in [0.25, 0.3) is 0 Å². The Balaban J connectivity index is 1.60. The van der Waals surface area contributed by atoms with E-state index in [4.69, 9.17) is 22.1 Å². The van der Waals surface area contributed by atoms with E-state index in [1.54, 1.807) is 6.20 Å². The molecule has 144 valence electrons. The molecule has 0 aliphatic carbocycles. The summed E-state index contributed by atoms with van der Waals surface area (Å²) in [5.41, 5.74) is 7.18. The van der Waals surface area contributed by atoms with Gasteiger partial charge in [0.05, 0.1) is 11.8 Å². The van der Waals surface area contributed by atoms with E-state index >= 15 is 0 Å². The molecule has 27 heavy (non-hydrogen) atoms. The Bertz CT molecular complexity index is 716. The second-order valence-electron chi connectivity index (χ2n) is 6.93. The number of ether oxygens (including phenoxy) is 1. The molecule has 2 aromatic rings. The Morgan fingerprint density at radius 3 is 2.59 bits per heavy atom. The summed E-state index contributed by atoms with van der Waals surface area (Å²) in [4.78, 5) is 17.8. The molecule has 0 saturated carbocycles. The van der Waals surface area contributed by atoms with Crippen molar-refractivity contribution in [3.8, 4) is 0 Å². The van der Waals surface area contributed by atoms with Gasteiger partial charge in [0, 0.05) is 30.7 Å². The number of carbonyl (C=O) groups excluding carboxylic acids is 1. The highest BCUT2D eigenvalue weighted by molar-refractivity contribution is 6.30. The maximum absolute atomic E-state index is 10.9. The quantitative estimate of drug-likeness (QED) is 0.751. The molecule has 1 aliphatic heterocycles. The Morgan fingerprint density at radius 1 is 1.22 bits per heavy atom. The number of hydrogen-bond donors (Lipinski definition) is 1. The lowest BCUT2D eigenvalue weighted by Crippen LogP contribution is -2.38. The van der Waals surface area contributed by atoms with Crippen LogP contribution in [-0.2, 0) is 9.53 Å². The standard InChI is InChI=1S/C21H26ClN3O2/c22-17-8-6-16(7-9-17)21(19-4-1-2-12-24-19)27-18-10-14-25(15-11-18)13-3-5-20(23)26/h1-2,4,6-9,12,18,21H,3,5,10-11,13-15H2,(H2,23,26). The number of piperidine rings is 1. The number of nitrogens with two attached hydrogens (primary N) is 1. The molecule has 1 aromatic heterocycles. The number of likely N-dealkylation sites (tertiary alicyclic amines) is 1. The van der Waals surface area contributed by atoms with Gasteiger partial charge in [-0.2, -0.15) is 0 Å². The van der Waals surface area contributed by atoms with E-state index in [2.05, 4.69) is 9.88 Å². The van der Waals surface area contributed by atoms with Crippen LogP contribution in [0, 0.1) is 0 Å². The average Bonchev–Trinajstić information content (AvgIpc) is 2.68. The van der Waals surface area contributed by atoms with Crippen LogP contribution in [-0.4, -0.2) is 41.5 Å². The minimum absolute atomic E-state index is 0.181. The largest absolute Gasteiger partial charge is 0.370 e. The van der Waals surface area contributed by atoms with Gasteiger partial charge in [-0.05, 0) is 55.6 Å². The highest BCUT2D eigenvalue weighted by Gasteiger charge is 2.25. The van der Waals surface area contributed by atoms with Gasteiger partial charge in [0.25, 0.3) is 0 Å². The molecule has 1 aromatic carbocycles. The third kappa shape index (κ3) is 6.03. The Kier molecular flexibility index (Phi) is 7.21. The van der Waals surface area contributed by atoms with Crippen molar-refractivity contribution in [3.05, 3.63) is 64.9 Å². The average molecular weight is 388 g/mol. The van der Waals surface area contributed by atoms with E-state index in [0.717, 1.165) is 50.2 Å². The number of hydrogen-bond acceptors (Lipinski definition) is 4. The molecule has 3 rings (SSSR count). The summed E-state index contributed by atoms with van der Waals surface area (Å²) in [7, 11) is 0. The molecule has 6 heteroatoms. The molecule has 0 spiro atoms. The number of carbonyl (C=O) groups is 1. The molecule has 1 fully saturated rings. The van der Waals surface area contributed by atoms with E-state index in [1.807, 2.05) is 42.5 Å². The molecule has 1 amide bonds. The van der Waals surface area contributed by atoms with Crippen LogP contribution in [0.2, 0.25) is 5.02 Å². The zero-order valence-corrected chi connectivity index (χ0v) is 16.1. The van der Waals surface area contributed by atoms with E-state index < -0.39 is 0 Å². The molecule has 0 radical (unpaired) electrons. The van der Waals surface area contributed by atoms with Crippen molar-refractivity contribution in [3.63, 3.8) is 0 Å². The van der Waals surface area contributed by atoms with Gasteiger partial charge in [0.15, 0.2) is 0 Å². The normalized spacial score (nSPS) is 16.9. The molecule has 1 unspecified atom stereocenters. The molecule has 1 saturated heterocycles. The van der Waals surface area contributed by atoms with Crippen LogP contribution in [0.4, 0.5) is 0 Å². The van der Waals surface area contributed by atoms with Gasteiger partial charge in [0.2, 0.25) is 5.91 Å². The Labute approximate surface area is 165 Å². The first-order chi connectivity index (χ1) is 13.1. The van der Waals surface area contributed by atoms with Crippen molar-refractivity contribution >= 4 is 17.5 Å². The monoisotopic (exact) mass is 387 g/mol. The number of amides is 1. The van der Waals surface area contributed by atoms with Crippen LogP contribution in [0.3, 0.4) is 0 Å². The van der Waals surface area contributed by atoms with Gasteiger partial charge in [-0.3, -0.25) is 9.78 Å².